The monoisotopic (exact) mass is 532 g/mol. The number of carbonyl (C=O) groups is 1. The number of aliphatic hydroxyl groups excluding tert-OH is 1. The number of benzene rings is 3. The molecule has 0 saturated heterocycles. The normalized spacial score (nSPS) is 11.8. The number of imidazole rings is 1. The molecule has 10 heteroatoms. The Hall–Kier alpha value is -4.15. The van der Waals surface area contributed by atoms with Gasteiger partial charge in [0.15, 0.2) is 0 Å². The van der Waals surface area contributed by atoms with Gasteiger partial charge in [0, 0.05) is 43.2 Å². The number of rotatable bonds is 7. The molecule has 0 spiro atoms. The molecule has 0 fully saturated rings. The third-order valence-corrected chi connectivity index (χ3v) is 7.88. The number of hydrogen-bond donors (Lipinski definition) is 2. The molecule has 0 radical (unpaired) electrons. The summed E-state index contributed by atoms with van der Waals surface area (Å²) in [4.78, 5) is 17.5. The zero-order chi connectivity index (χ0) is 27.2. The molecule has 0 aliphatic rings. The molecule has 2 aromatic heterocycles. The number of amides is 1. The summed E-state index contributed by atoms with van der Waals surface area (Å²) in [6.07, 6.45) is 2.79. The molecule has 0 saturated carbocycles. The minimum atomic E-state index is -3.62. The molecule has 196 valence electrons. The van der Waals surface area contributed by atoms with E-state index in [-0.39, 0.29) is 12.5 Å². The standard InChI is InChI=1S/C28H28N4O5S/c1-17-5-7-18(8-6-17)27-26(28(34)29-2)21-14-20(23(15-25(21)37-27)31(3)38(4,35)36)19-9-10-22-24(13-19)32(11-12-33)16-30-22/h5-10,13-16,33H,11-12H2,1-4H3,(H,29,34). The number of carbonyl (C=O) groups excluding carboxylic acids is 1. The summed E-state index contributed by atoms with van der Waals surface area (Å²) < 4.78 is 34.5. The first-order valence-corrected chi connectivity index (χ1v) is 13.9. The van der Waals surface area contributed by atoms with Crippen LogP contribution in [0.5, 0.6) is 0 Å². The summed E-state index contributed by atoms with van der Waals surface area (Å²) in [6, 6.07) is 16.7. The highest BCUT2D eigenvalue weighted by atomic mass is 32.2. The van der Waals surface area contributed by atoms with E-state index in [4.69, 9.17) is 4.42 Å². The van der Waals surface area contributed by atoms with Crippen LogP contribution in [-0.2, 0) is 16.6 Å². The van der Waals surface area contributed by atoms with Gasteiger partial charge in [0.25, 0.3) is 5.91 Å². The number of sulfonamides is 1. The molecule has 0 unspecified atom stereocenters. The van der Waals surface area contributed by atoms with Crippen LogP contribution in [0.1, 0.15) is 15.9 Å². The topological polar surface area (TPSA) is 118 Å². The van der Waals surface area contributed by atoms with Crippen molar-refractivity contribution in [3.8, 4) is 22.5 Å². The Balaban J connectivity index is 1.83. The fraction of sp³-hybridized carbons (Fsp3) is 0.214. The highest BCUT2D eigenvalue weighted by molar-refractivity contribution is 7.92. The number of nitrogens with zero attached hydrogens (tertiary/aromatic N) is 3. The molecule has 2 heterocycles. The lowest BCUT2D eigenvalue weighted by atomic mass is 9.98. The first-order valence-electron chi connectivity index (χ1n) is 12.0. The van der Waals surface area contributed by atoms with Crippen molar-refractivity contribution in [3.05, 3.63) is 72.1 Å². The number of aromatic nitrogens is 2. The lowest BCUT2D eigenvalue weighted by Crippen LogP contribution is -2.25. The molecular formula is C28H28N4O5S. The van der Waals surface area contributed by atoms with E-state index in [1.165, 1.54) is 11.4 Å². The van der Waals surface area contributed by atoms with Crippen molar-refractivity contribution in [3.63, 3.8) is 0 Å². The second kappa shape index (κ2) is 9.62. The second-order valence-electron chi connectivity index (χ2n) is 9.21. The Morgan fingerprint density at radius 2 is 1.82 bits per heavy atom. The van der Waals surface area contributed by atoms with E-state index in [2.05, 4.69) is 10.3 Å². The summed E-state index contributed by atoms with van der Waals surface area (Å²) in [5, 5.41) is 12.7. The molecule has 1 amide bonds. The van der Waals surface area contributed by atoms with E-state index in [0.717, 1.165) is 34.0 Å². The largest absolute Gasteiger partial charge is 0.455 e. The average molecular weight is 533 g/mol. The van der Waals surface area contributed by atoms with E-state index < -0.39 is 10.0 Å². The van der Waals surface area contributed by atoms with Gasteiger partial charge in [-0.05, 0) is 30.7 Å². The van der Waals surface area contributed by atoms with Crippen molar-refractivity contribution in [2.24, 2.45) is 0 Å². The van der Waals surface area contributed by atoms with E-state index >= 15 is 0 Å². The van der Waals surface area contributed by atoms with Gasteiger partial charge >= 0.3 is 0 Å². The Morgan fingerprint density at radius 1 is 1.11 bits per heavy atom. The lowest BCUT2D eigenvalue weighted by Gasteiger charge is -2.21. The number of fused-ring (bicyclic) bond motifs is 2. The third-order valence-electron chi connectivity index (χ3n) is 6.68. The van der Waals surface area contributed by atoms with Gasteiger partial charge in [0.2, 0.25) is 10.0 Å². The Kier molecular flexibility index (Phi) is 6.46. The van der Waals surface area contributed by atoms with Crippen LogP contribution in [0.3, 0.4) is 0 Å². The third kappa shape index (κ3) is 4.42. The van der Waals surface area contributed by atoms with Crippen LogP contribution in [0.15, 0.2) is 65.3 Å². The maximum Gasteiger partial charge on any atom is 0.255 e. The van der Waals surface area contributed by atoms with Crippen molar-refractivity contribution in [2.75, 3.05) is 31.3 Å². The van der Waals surface area contributed by atoms with Crippen LogP contribution in [-0.4, -0.2) is 55.9 Å². The Morgan fingerprint density at radius 3 is 2.47 bits per heavy atom. The van der Waals surface area contributed by atoms with Crippen LogP contribution >= 0.6 is 0 Å². The highest BCUT2D eigenvalue weighted by Crippen LogP contribution is 2.41. The summed E-state index contributed by atoms with van der Waals surface area (Å²) in [5.74, 6) is 0.0897. The summed E-state index contributed by atoms with van der Waals surface area (Å²) >= 11 is 0. The van der Waals surface area contributed by atoms with Crippen LogP contribution in [0.25, 0.3) is 44.5 Å². The SMILES string of the molecule is CNC(=O)c1c(-c2ccc(C)cc2)oc2cc(N(C)S(C)(=O)=O)c(-c3ccc4ncn(CCO)c4c3)cc12. The summed E-state index contributed by atoms with van der Waals surface area (Å²) in [6.45, 7) is 2.30. The number of nitrogens with one attached hydrogen (secondary N) is 1. The zero-order valence-electron chi connectivity index (χ0n) is 21.5. The van der Waals surface area contributed by atoms with Gasteiger partial charge in [-0.25, -0.2) is 13.4 Å². The van der Waals surface area contributed by atoms with Gasteiger partial charge in [-0.15, -0.1) is 0 Å². The van der Waals surface area contributed by atoms with Crippen LogP contribution in [0.4, 0.5) is 5.69 Å². The molecule has 5 aromatic rings. The molecule has 2 N–H and O–H groups in total. The number of aliphatic hydroxyl groups is 1. The van der Waals surface area contributed by atoms with Gasteiger partial charge in [0.05, 0.1) is 41.5 Å². The maximum absolute atomic E-state index is 13.1. The van der Waals surface area contributed by atoms with Gasteiger partial charge < -0.3 is 19.4 Å². The quantitative estimate of drug-likeness (QED) is 0.325. The zero-order valence-corrected chi connectivity index (χ0v) is 22.3. The first-order chi connectivity index (χ1) is 18.1. The lowest BCUT2D eigenvalue weighted by molar-refractivity contribution is 0.0964. The molecule has 0 atom stereocenters. The number of hydrogen-bond acceptors (Lipinski definition) is 6. The summed E-state index contributed by atoms with van der Waals surface area (Å²) in [5.41, 5.74) is 5.84. The second-order valence-corrected chi connectivity index (χ2v) is 11.2. The highest BCUT2D eigenvalue weighted by Gasteiger charge is 2.26. The average Bonchev–Trinajstić information content (AvgIpc) is 3.47. The molecule has 9 nitrogen and oxygen atoms in total. The predicted molar refractivity (Wildman–Crippen MR) is 149 cm³/mol. The van der Waals surface area contributed by atoms with E-state index in [1.807, 2.05) is 54.0 Å². The predicted octanol–water partition coefficient (Wildman–Crippen LogP) is 4.17. The van der Waals surface area contributed by atoms with Gasteiger partial charge in [-0.3, -0.25) is 9.10 Å². The fourth-order valence-electron chi connectivity index (χ4n) is 4.57. The van der Waals surface area contributed by atoms with E-state index in [1.54, 1.807) is 25.5 Å². The molecule has 0 bridgehead atoms. The molecule has 0 aliphatic heterocycles. The fourth-order valence-corrected chi connectivity index (χ4v) is 5.08. The van der Waals surface area contributed by atoms with Crippen molar-refractivity contribution >= 4 is 43.6 Å². The van der Waals surface area contributed by atoms with E-state index in [0.29, 0.717) is 40.1 Å². The minimum absolute atomic E-state index is 0.0456. The molecule has 5 rings (SSSR count). The molecule has 38 heavy (non-hydrogen) atoms. The van der Waals surface area contributed by atoms with Crippen LogP contribution < -0.4 is 9.62 Å². The molecule has 3 aromatic carbocycles. The van der Waals surface area contributed by atoms with Crippen molar-refractivity contribution < 1.29 is 22.7 Å². The van der Waals surface area contributed by atoms with Crippen LogP contribution in [0.2, 0.25) is 0 Å². The number of aryl methyl sites for hydroxylation is 1. The Bertz CT molecular complexity index is 1790. The van der Waals surface area contributed by atoms with Crippen molar-refractivity contribution in [1.82, 2.24) is 14.9 Å². The van der Waals surface area contributed by atoms with Gasteiger partial charge in [-0.2, -0.15) is 0 Å². The van der Waals surface area contributed by atoms with E-state index in [9.17, 15) is 18.3 Å². The summed E-state index contributed by atoms with van der Waals surface area (Å²) in [7, 11) is -0.580. The van der Waals surface area contributed by atoms with Gasteiger partial charge in [-0.1, -0.05) is 35.9 Å². The van der Waals surface area contributed by atoms with Gasteiger partial charge in [0.1, 0.15) is 11.3 Å². The molecular weight excluding hydrogens is 504 g/mol. The van der Waals surface area contributed by atoms with Crippen molar-refractivity contribution in [1.29, 1.82) is 0 Å². The first kappa shape index (κ1) is 25.5. The van der Waals surface area contributed by atoms with Crippen molar-refractivity contribution in [2.45, 2.75) is 13.5 Å². The molecule has 0 aliphatic carbocycles. The number of anilines is 1. The Labute approximate surface area is 220 Å². The van der Waals surface area contributed by atoms with Crippen LogP contribution in [0, 0.1) is 6.92 Å². The number of furan rings is 1. The maximum atomic E-state index is 13.1. The minimum Gasteiger partial charge on any atom is -0.455 e. The smallest absolute Gasteiger partial charge is 0.255 e.